The van der Waals surface area contributed by atoms with Gasteiger partial charge in [0, 0.05) is 48.8 Å². The summed E-state index contributed by atoms with van der Waals surface area (Å²) in [5.74, 6) is 0. The molecular formula is C96H64O2. The fourth-order valence-corrected chi connectivity index (χ4v) is 13.1. The molecule has 98 heavy (non-hydrogen) atoms. The van der Waals surface area contributed by atoms with E-state index in [0.29, 0.717) is 0 Å². The molecule has 17 aromatic carbocycles. The van der Waals surface area contributed by atoms with Gasteiger partial charge in [-0.15, -0.1) is 0 Å². The van der Waals surface area contributed by atoms with Crippen LogP contribution in [-0.2, 0) is 10.8 Å². The van der Waals surface area contributed by atoms with E-state index in [0.717, 1.165) is 0 Å². The van der Waals surface area contributed by atoms with E-state index in [-0.39, 0.29) is 0 Å². The molecule has 0 amide bonds. The molecule has 2 aliphatic rings. The normalized spacial score (nSPS) is 23.2. The summed E-state index contributed by atoms with van der Waals surface area (Å²) in [6.45, 7) is -15.9. The van der Waals surface area contributed by atoms with Gasteiger partial charge in [-0.2, -0.15) is 0 Å². The Hall–Kier alpha value is -12.1. The van der Waals surface area contributed by atoms with E-state index in [1.54, 1.807) is 0 Å². The average molecular weight is 1310 g/mol. The molecule has 2 aromatic heterocycles. The van der Waals surface area contributed by atoms with Gasteiger partial charge in [0.05, 0.1) is 71.3 Å². The third-order valence-corrected chi connectivity index (χ3v) is 17.1. The summed E-state index contributed by atoms with van der Waals surface area (Å²) in [6.07, 6.45) is 0. The standard InChI is InChI=1S/C51H34O.C45H30O/c1-51(2)44-21-10-9-14-37(44)42-20-11-19-36(50(42)51)32-22-24-33(25-23-32)47-38-15-5-7-17-40(38)48(41-18-8-6-16-39(41)47)34-27-28-45-43(30-34)49-35-13-4-3-12-31(35)26-29-46(49)52-45;1-45(2)38-21-10-9-14-30(38)35-19-11-20-36(44(35)45)42-33-17-7-5-15-31(33)41(32-16-6-8-18-34(32)42)28-23-24-39-37(26-28)43-29-13-4-3-12-27(29)22-25-40(43)46-39/h3-30H,1-2H3;3-26H,1-2H3/i1D3,2D3,3D,4D,5D,6D,7D,8D,9D,10D,11D,12D,13D,14D,15D,16D,17D,18D,19D,20D,21D,22D,23D,24D,25D,26D,27D,28D,29D,30D;1D3,2D3,3D,4D,5D,6D,7D,8D,9D,10D,11D,12D,13D,14D,15D,16D,17D,18D,19D,20D,21D,22D,23D,24D,25D,26D. The van der Waals surface area contributed by atoms with E-state index in [2.05, 4.69) is 0 Å². The number of furan rings is 2. The molecule has 0 atom stereocenters. The van der Waals surface area contributed by atoms with Crippen molar-refractivity contribution < 1.29 is 96.6 Å². The fourth-order valence-electron chi connectivity index (χ4n) is 13.1. The molecule has 0 fully saturated rings. The highest BCUT2D eigenvalue weighted by molar-refractivity contribution is 6.26. The van der Waals surface area contributed by atoms with Crippen molar-refractivity contribution in [2.24, 2.45) is 0 Å². The Morgan fingerprint density at radius 1 is 0.235 bits per heavy atom. The second-order valence-electron chi connectivity index (χ2n) is 22.3. The molecule has 2 aliphatic carbocycles. The monoisotopic (exact) mass is 1310 g/mol. The summed E-state index contributed by atoms with van der Waals surface area (Å²) in [7, 11) is 0. The quantitative estimate of drug-likeness (QED) is 0.161. The second-order valence-corrected chi connectivity index (χ2v) is 22.3. The number of rotatable bonds is 5. The highest BCUT2D eigenvalue weighted by atomic mass is 16.3. The minimum absolute atomic E-state index is 0.459. The number of hydrogen-bond donors (Lipinski definition) is 0. The summed E-state index contributed by atoms with van der Waals surface area (Å²) in [6, 6.07) is -54.8. The first-order valence-corrected chi connectivity index (χ1v) is 29.1. The minimum atomic E-state index is -4.00. The van der Waals surface area contributed by atoms with Gasteiger partial charge in [0.1, 0.15) is 22.3 Å². The number of fused-ring (bicyclic) bond motifs is 20. The Bertz CT molecular complexity index is 10200. The SMILES string of the molecule is [2H]c1c([2H])c([2H])c2c(c1[2H])-c1c([2H])c([2H])c([2H])c(-c3c([2H])c([2H])c(-c4c5c([2H])c([2H])c([2H])c([2H])c5c(-c5c([2H])c([2H])c6oc7c([2H])c([2H])c8c([2H])c([2H])c([2H])c([2H])c8c7c6c5[2H])c5c([2H])c([2H])c([2H])c([2H])c45)c([2H])c3[2H])c1C2(C([2H])([2H])[2H])C([2H])([2H])[2H].[2H]c1c([2H])c([2H])c2c(c1[2H])-c1c([2H])c([2H])c([2H])c(-c3c4c([2H])c([2H])c([2H])c([2H])c4c(-c4c([2H])c([2H])c5oc6c([2H])c([2H])c7c([2H])c([2H])c([2H])c([2H])c7c6c5c4[2H])c4c([2H])c([2H])c([2H])c([2H])c34)c1C2(C([2H])([2H])[2H])C([2H])([2H])[2H]. The first kappa shape index (κ1) is 21.7. The third kappa shape index (κ3) is 8.16. The van der Waals surface area contributed by atoms with E-state index < -0.39 is 561 Å². The fraction of sp³-hybridized carbons (Fsp3) is 0.0625. The van der Waals surface area contributed by atoms with Gasteiger partial charge in [-0.1, -0.05) is 305 Å². The minimum Gasteiger partial charge on any atom is -0.456 e. The van der Waals surface area contributed by atoms with Crippen molar-refractivity contribution in [2.45, 2.75) is 38.2 Å². The Balaban J connectivity index is 0.000000194. The van der Waals surface area contributed by atoms with Gasteiger partial charge < -0.3 is 8.83 Å². The largest absolute Gasteiger partial charge is 0.456 e. The molecule has 460 valence electrons. The van der Waals surface area contributed by atoms with Crippen LogP contribution in [-0.4, -0.2) is 0 Å². The molecule has 0 aliphatic heterocycles. The van der Waals surface area contributed by atoms with Crippen LogP contribution in [0.4, 0.5) is 0 Å². The molecular weight excluding hydrogens is 1190 g/mol. The molecule has 0 bridgehead atoms. The van der Waals surface area contributed by atoms with Gasteiger partial charge in [-0.3, -0.25) is 0 Å². The topological polar surface area (TPSA) is 26.3 Å². The summed E-state index contributed by atoms with van der Waals surface area (Å²) < 4.78 is 595. The number of hydrogen-bond acceptors (Lipinski definition) is 2. The molecule has 0 spiro atoms. The average Bonchev–Trinajstić information content (AvgIpc) is 1.47. The van der Waals surface area contributed by atoms with Crippen molar-refractivity contribution in [1.29, 1.82) is 0 Å². The molecule has 19 aromatic rings. The second kappa shape index (κ2) is 21.2. The highest BCUT2D eigenvalue weighted by Gasteiger charge is 2.39. The summed E-state index contributed by atoms with van der Waals surface area (Å²) in [4.78, 5) is 0. The van der Waals surface area contributed by atoms with Crippen molar-refractivity contribution in [3.63, 3.8) is 0 Å². The van der Waals surface area contributed by atoms with Crippen LogP contribution in [0, 0.1) is 0 Å². The molecule has 0 saturated heterocycles. The number of benzene rings is 17. The van der Waals surface area contributed by atoms with Crippen molar-refractivity contribution in [1.82, 2.24) is 0 Å². The Morgan fingerprint density at radius 3 is 0.990 bits per heavy atom. The highest BCUT2D eigenvalue weighted by Crippen LogP contribution is 2.56. The van der Waals surface area contributed by atoms with Crippen LogP contribution in [0.1, 0.15) is 137 Å². The van der Waals surface area contributed by atoms with Crippen LogP contribution in [0.5, 0.6) is 0 Å². The van der Waals surface area contributed by atoms with E-state index >= 15 is 0 Å². The van der Waals surface area contributed by atoms with E-state index in [9.17, 15) is 30.2 Å². The van der Waals surface area contributed by atoms with E-state index in [1.807, 2.05) is 0 Å². The zero-order chi connectivity index (χ0) is 120. The van der Waals surface area contributed by atoms with Gasteiger partial charge in [0.15, 0.2) is 0 Å². The lowest BCUT2D eigenvalue weighted by Crippen LogP contribution is -2.16. The van der Waals surface area contributed by atoms with E-state index in [4.69, 9.17) is 66.4 Å². The summed E-state index contributed by atoms with van der Waals surface area (Å²) in [5.41, 5.74) is -28.1. The predicted octanol–water partition coefficient (Wildman–Crippen LogP) is 27.0. The van der Waals surface area contributed by atoms with Gasteiger partial charge in [-0.25, -0.2) is 0 Å². The molecule has 0 N–H and O–H groups in total. The lowest BCUT2D eigenvalue weighted by molar-refractivity contribution is 0.662. The maximum Gasteiger partial charge on any atom is 0.136 e. The zero-order valence-corrected chi connectivity index (χ0v) is 48.8. The molecule has 2 heterocycles. The van der Waals surface area contributed by atoms with Crippen LogP contribution in [0.25, 0.3) is 186 Å². The van der Waals surface area contributed by atoms with Crippen molar-refractivity contribution in [3.8, 4) is 77.9 Å². The molecule has 0 saturated carbocycles. The lowest BCUT2D eigenvalue weighted by Gasteiger charge is -2.26. The predicted molar refractivity (Wildman–Crippen MR) is 415 cm³/mol. The van der Waals surface area contributed by atoms with Crippen LogP contribution < -0.4 is 0 Å². The smallest absolute Gasteiger partial charge is 0.136 e. The van der Waals surface area contributed by atoms with Crippen molar-refractivity contribution >= 4 is 109 Å². The maximum absolute atomic E-state index is 9.95. The van der Waals surface area contributed by atoms with Crippen molar-refractivity contribution in [3.05, 3.63) is 336 Å². The first-order chi connectivity index (χ1) is 74.8. The zero-order valence-electron chi connectivity index (χ0n) is 113. The third-order valence-electron chi connectivity index (χ3n) is 17.1. The molecule has 2 heteroatoms. The van der Waals surface area contributed by atoms with Gasteiger partial charge in [-0.05, 0) is 201 Å². The first-order valence-electron chi connectivity index (χ1n) is 61.1. The van der Waals surface area contributed by atoms with Gasteiger partial charge in [0.2, 0.25) is 0 Å². The van der Waals surface area contributed by atoms with Crippen LogP contribution in [0.15, 0.2) is 323 Å². The van der Waals surface area contributed by atoms with Crippen LogP contribution in [0.2, 0.25) is 0 Å². The van der Waals surface area contributed by atoms with Crippen LogP contribution >= 0.6 is 0 Å². The van der Waals surface area contributed by atoms with Crippen molar-refractivity contribution in [2.75, 3.05) is 0 Å². The summed E-state index contributed by atoms with van der Waals surface area (Å²) in [5, 5.41) is -11.2. The molecule has 0 unspecified atom stereocenters. The Labute approximate surface area is 657 Å². The maximum atomic E-state index is 9.95. The molecule has 0 radical (unpaired) electrons. The lowest BCUT2D eigenvalue weighted by atomic mass is 9.77. The van der Waals surface area contributed by atoms with Gasteiger partial charge >= 0.3 is 0 Å². The Morgan fingerprint density at radius 2 is 0.551 bits per heavy atom. The summed E-state index contributed by atoms with van der Waals surface area (Å²) >= 11 is 0. The Kier molecular flexibility index (Phi) is 4.70. The van der Waals surface area contributed by atoms with E-state index in [1.165, 1.54) is 0 Å². The van der Waals surface area contributed by atoms with Crippen LogP contribution in [0.3, 0.4) is 0 Å². The molecule has 21 rings (SSSR count). The van der Waals surface area contributed by atoms with Gasteiger partial charge in [0.25, 0.3) is 0 Å². The molecule has 2 nitrogen and oxygen atoms in total.